The van der Waals surface area contributed by atoms with Gasteiger partial charge in [-0.25, -0.2) is 0 Å². The molecule has 2 N–H and O–H groups in total. The Morgan fingerprint density at radius 2 is 2.11 bits per heavy atom. The van der Waals surface area contributed by atoms with Crippen LogP contribution in [-0.2, 0) is 14.3 Å². The second-order valence-electron chi connectivity index (χ2n) is 5.98. The van der Waals surface area contributed by atoms with Gasteiger partial charge in [-0.3, -0.25) is 9.59 Å². The van der Waals surface area contributed by atoms with Gasteiger partial charge in [-0.15, -0.1) is 0 Å². The van der Waals surface area contributed by atoms with Crippen molar-refractivity contribution in [1.29, 1.82) is 0 Å². The molecule has 1 saturated heterocycles. The summed E-state index contributed by atoms with van der Waals surface area (Å²) < 4.78 is 5.30. The van der Waals surface area contributed by atoms with Crippen molar-refractivity contribution in [1.82, 2.24) is 15.5 Å². The lowest BCUT2D eigenvalue weighted by molar-refractivity contribution is -0.136. The number of nitrogens with one attached hydrogen (secondary N) is 2. The summed E-state index contributed by atoms with van der Waals surface area (Å²) in [5.41, 5.74) is -0.278. The van der Waals surface area contributed by atoms with E-state index in [4.69, 9.17) is 4.74 Å². The molecule has 0 spiro atoms. The second-order valence-corrected chi connectivity index (χ2v) is 5.98. The van der Waals surface area contributed by atoms with E-state index in [0.717, 1.165) is 6.54 Å². The van der Waals surface area contributed by atoms with Gasteiger partial charge >= 0.3 is 0 Å². The predicted octanol–water partition coefficient (Wildman–Crippen LogP) is -0.262. The highest BCUT2D eigenvalue weighted by molar-refractivity contribution is 5.85. The van der Waals surface area contributed by atoms with E-state index in [0.29, 0.717) is 19.6 Å². The van der Waals surface area contributed by atoms with E-state index in [1.165, 1.54) is 4.90 Å². The van der Waals surface area contributed by atoms with Crippen LogP contribution in [0.15, 0.2) is 0 Å². The topological polar surface area (TPSA) is 70.7 Å². The zero-order valence-electron chi connectivity index (χ0n) is 12.3. The molecule has 0 aliphatic carbocycles. The minimum Gasteiger partial charge on any atom is -0.378 e. The lowest BCUT2D eigenvalue weighted by atomic mass is 10.1. The van der Waals surface area contributed by atoms with Crippen molar-refractivity contribution >= 4 is 11.8 Å². The van der Waals surface area contributed by atoms with Crippen molar-refractivity contribution in [2.24, 2.45) is 0 Å². The molecule has 0 aromatic rings. The third-order valence-corrected chi connectivity index (χ3v) is 2.74. The number of rotatable bonds is 4. The fourth-order valence-electron chi connectivity index (χ4n) is 1.88. The van der Waals surface area contributed by atoms with E-state index in [1.807, 2.05) is 20.8 Å². The fraction of sp³-hybridized carbons (Fsp3) is 0.846. The van der Waals surface area contributed by atoms with Crippen LogP contribution < -0.4 is 10.6 Å². The first-order valence-electron chi connectivity index (χ1n) is 6.64. The maximum absolute atomic E-state index is 12.0. The number of carbonyl (C=O) groups is 2. The molecular formula is C13H25N3O3. The molecule has 0 radical (unpaired) electrons. The van der Waals surface area contributed by atoms with Crippen LogP contribution in [0.2, 0.25) is 0 Å². The summed E-state index contributed by atoms with van der Waals surface area (Å²) in [5.74, 6) is -0.191. The number of ether oxygens (including phenoxy) is 1. The minimum absolute atomic E-state index is 0.0490. The van der Waals surface area contributed by atoms with Gasteiger partial charge in [0.15, 0.2) is 0 Å². The molecule has 1 fully saturated rings. The van der Waals surface area contributed by atoms with E-state index < -0.39 is 0 Å². The van der Waals surface area contributed by atoms with Crippen LogP contribution in [0.5, 0.6) is 0 Å². The Morgan fingerprint density at radius 3 is 2.63 bits per heavy atom. The lowest BCUT2D eigenvalue weighted by Crippen LogP contribution is -2.48. The summed E-state index contributed by atoms with van der Waals surface area (Å²) in [4.78, 5) is 25.1. The van der Waals surface area contributed by atoms with E-state index in [1.54, 1.807) is 7.05 Å². The summed E-state index contributed by atoms with van der Waals surface area (Å²) in [6, 6.07) is 0.0503. The predicted molar refractivity (Wildman–Crippen MR) is 72.8 cm³/mol. The smallest absolute Gasteiger partial charge is 0.240 e. The quantitative estimate of drug-likeness (QED) is 0.739. The Hall–Kier alpha value is -1.14. The Balaban J connectivity index is 2.33. The Labute approximate surface area is 114 Å². The molecular weight excluding hydrogens is 246 g/mol. The maximum Gasteiger partial charge on any atom is 0.240 e. The van der Waals surface area contributed by atoms with Gasteiger partial charge < -0.3 is 20.3 Å². The molecule has 1 aliphatic heterocycles. The molecule has 0 bridgehead atoms. The van der Waals surface area contributed by atoms with Crippen molar-refractivity contribution in [3.8, 4) is 0 Å². The summed E-state index contributed by atoms with van der Waals surface area (Å²) in [5, 5.41) is 6.06. The Kier molecular flexibility index (Phi) is 5.75. The zero-order valence-corrected chi connectivity index (χ0v) is 12.3. The first kappa shape index (κ1) is 15.9. The fourth-order valence-corrected chi connectivity index (χ4v) is 1.88. The number of hydrogen-bond acceptors (Lipinski definition) is 4. The van der Waals surface area contributed by atoms with Crippen molar-refractivity contribution in [2.75, 3.05) is 33.4 Å². The van der Waals surface area contributed by atoms with Gasteiger partial charge in [-0.1, -0.05) is 0 Å². The van der Waals surface area contributed by atoms with Gasteiger partial charge in [-0.2, -0.15) is 0 Å². The Bertz CT molecular complexity index is 320. The lowest BCUT2D eigenvalue weighted by Gasteiger charge is -2.26. The molecule has 110 valence electrons. The normalized spacial score (nSPS) is 19.9. The van der Waals surface area contributed by atoms with Crippen LogP contribution in [0.25, 0.3) is 0 Å². The first-order valence-corrected chi connectivity index (χ1v) is 6.64. The van der Waals surface area contributed by atoms with Crippen molar-refractivity contribution in [3.63, 3.8) is 0 Å². The van der Waals surface area contributed by atoms with E-state index in [2.05, 4.69) is 10.6 Å². The Morgan fingerprint density at radius 1 is 1.42 bits per heavy atom. The first-order chi connectivity index (χ1) is 8.78. The van der Waals surface area contributed by atoms with E-state index in [9.17, 15) is 9.59 Å². The summed E-state index contributed by atoms with van der Waals surface area (Å²) in [6.45, 7) is 7.83. The van der Waals surface area contributed by atoms with Crippen LogP contribution in [0, 0.1) is 0 Å². The minimum atomic E-state index is -0.278. The van der Waals surface area contributed by atoms with Crippen LogP contribution in [0.3, 0.4) is 0 Å². The van der Waals surface area contributed by atoms with Gasteiger partial charge in [0.2, 0.25) is 11.8 Å². The highest BCUT2D eigenvalue weighted by Gasteiger charge is 2.21. The molecule has 19 heavy (non-hydrogen) atoms. The molecule has 1 rings (SSSR count). The third kappa shape index (κ3) is 6.54. The van der Waals surface area contributed by atoms with E-state index in [-0.39, 0.29) is 29.9 Å². The molecule has 2 amide bonds. The third-order valence-electron chi connectivity index (χ3n) is 2.74. The van der Waals surface area contributed by atoms with E-state index >= 15 is 0 Å². The van der Waals surface area contributed by atoms with Crippen molar-refractivity contribution in [2.45, 2.75) is 38.8 Å². The SMILES string of the molecule is CN(CC(=O)NC(C)(C)C)C(=O)CC1COCCN1. The highest BCUT2D eigenvalue weighted by Crippen LogP contribution is 2.02. The second kappa shape index (κ2) is 6.86. The average Bonchev–Trinajstić information content (AvgIpc) is 2.27. The van der Waals surface area contributed by atoms with Gasteiger partial charge in [0.05, 0.1) is 19.8 Å². The monoisotopic (exact) mass is 271 g/mol. The summed E-state index contributed by atoms with van der Waals surface area (Å²) in [6.07, 6.45) is 0.360. The highest BCUT2D eigenvalue weighted by atomic mass is 16.5. The molecule has 0 saturated carbocycles. The van der Waals surface area contributed by atoms with Gasteiger partial charge in [0.1, 0.15) is 0 Å². The molecule has 1 unspecified atom stereocenters. The van der Waals surface area contributed by atoms with Crippen molar-refractivity contribution < 1.29 is 14.3 Å². The molecule has 1 aliphatic rings. The summed E-state index contributed by atoms with van der Waals surface area (Å²) in [7, 11) is 1.65. The molecule has 0 aromatic carbocycles. The standard InChI is InChI=1S/C13H25N3O3/c1-13(2,3)15-11(17)8-16(4)12(18)7-10-9-19-6-5-14-10/h10,14H,5-9H2,1-4H3,(H,15,17). The molecule has 6 heteroatoms. The van der Waals surface area contributed by atoms with Crippen LogP contribution in [-0.4, -0.2) is 61.6 Å². The van der Waals surface area contributed by atoms with Crippen LogP contribution in [0.1, 0.15) is 27.2 Å². The van der Waals surface area contributed by atoms with Gasteiger partial charge in [0.25, 0.3) is 0 Å². The number of hydrogen-bond donors (Lipinski definition) is 2. The van der Waals surface area contributed by atoms with Crippen molar-refractivity contribution in [3.05, 3.63) is 0 Å². The number of nitrogens with zero attached hydrogens (tertiary/aromatic N) is 1. The molecule has 0 aromatic heterocycles. The summed E-state index contributed by atoms with van der Waals surface area (Å²) >= 11 is 0. The number of amides is 2. The van der Waals surface area contributed by atoms with Crippen LogP contribution in [0.4, 0.5) is 0 Å². The molecule has 1 atom stereocenters. The number of carbonyl (C=O) groups excluding carboxylic acids is 2. The van der Waals surface area contributed by atoms with Crippen LogP contribution >= 0.6 is 0 Å². The molecule has 1 heterocycles. The number of morpholine rings is 1. The largest absolute Gasteiger partial charge is 0.378 e. The number of likely N-dealkylation sites (N-methyl/N-ethyl adjacent to an activating group) is 1. The maximum atomic E-state index is 12.0. The zero-order chi connectivity index (χ0) is 14.5. The van der Waals surface area contributed by atoms with Gasteiger partial charge in [-0.05, 0) is 20.8 Å². The van der Waals surface area contributed by atoms with Gasteiger partial charge in [0, 0.05) is 31.6 Å². The molecule has 6 nitrogen and oxygen atoms in total. The average molecular weight is 271 g/mol.